The maximum atomic E-state index is 5.93. The summed E-state index contributed by atoms with van der Waals surface area (Å²) in [7, 11) is 0. The van der Waals surface area contributed by atoms with Crippen molar-refractivity contribution < 1.29 is 4.74 Å². The average molecular weight is 212 g/mol. The molecule has 88 valence electrons. The molecule has 1 heterocycles. The Morgan fingerprint density at radius 1 is 1.27 bits per heavy atom. The zero-order valence-corrected chi connectivity index (χ0v) is 9.85. The SMILES string of the molecule is CC1(NCC2(CN)CCCC2)CCOC1. The van der Waals surface area contributed by atoms with Crippen LogP contribution in [0.5, 0.6) is 0 Å². The first-order valence-corrected chi connectivity index (χ1v) is 6.21. The van der Waals surface area contributed by atoms with Crippen LogP contribution < -0.4 is 11.1 Å². The second-order valence-electron chi connectivity index (χ2n) is 5.63. The highest BCUT2D eigenvalue weighted by Gasteiger charge is 2.36. The van der Waals surface area contributed by atoms with E-state index in [2.05, 4.69) is 12.2 Å². The van der Waals surface area contributed by atoms with Crippen LogP contribution in [0.3, 0.4) is 0 Å². The molecule has 3 N–H and O–H groups in total. The molecule has 1 atom stereocenters. The summed E-state index contributed by atoms with van der Waals surface area (Å²) in [5, 5.41) is 3.69. The molecule has 0 aromatic rings. The van der Waals surface area contributed by atoms with E-state index < -0.39 is 0 Å². The van der Waals surface area contributed by atoms with Gasteiger partial charge < -0.3 is 15.8 Å². The third-order valence-corrected chi connectivity index (χ3v) is 4.21. The molecule has 0 radical (unpaired) electrons. The Bertz CT molecular complexity index is 206. The lowest BCUT2D eigenvalue weighted by atomic mass is 9.85. The van der Waals surface area contributed by atoms with E-state index in [-0.39, 0.29) is 5.54 Å². The van der Waals surface area contributed by atoms with Gasteiger partial charge >= 0.3 is 0 Å². The summed E-state index contributed by atoms with van der Waals surface area (Å²) in [6, 6.07) is 0. The Hall–Kier alpha value is -0.120. The van der Waals surface area contributed by atoms with Crippen LogP contribution in [0.4, 0.5) is 0 Å². The molecule has 0 spiro atoms. The number of ether oxygens (including phenoxy) is 1. The molecule has 1 aliphatic carbocycles. The molecule has 1 saturated carbocycles. The van der Waals surface area contributed by atoms with Crippen molar-refractivity contribution in [2.45, 2.75) is 44.6 Å². The van der Waals surface area contributed by atoms with Crippen molar-refractivity contribution in [2.24, 2.45) is 11.1 Å². The molecule has 1 aliphatic heterocycles. The highest BCUT2D eigenvalue weighted by atomic mass is 16.5. The summed E-state index contributed by atoms with van der Waals surface area (Å²) in [5.74, 6) is 0. The lowest BCUT2D eigenvalue weighted by molar-refractivity contribution is 0.162. The third kappa shape index (κ3) is 2.52. The van der Waals surface area contributed by atoms with E-state index in [1.807, 2.05) is 0 Å². The third-order valence-electron chi connectivity index (χ3n) is 4.21. The van der Waals surface area contributed by atoms with Gasteiger partial charge in [0.05, 0.1) is 6.61 Å². The number of nitrogens with two attached hydrogens (primary N) is 1. The molecule has 1 saturated heterocycles. The van der Waals surface area contributed by atoms with Crippen molar-refractivity contribution in [1.29, 1.82) is 0 Å². The Morgan fingerprint density at radius 3 is 2.53 bits per heavy atom. The minimum atomic E-state index is 0.199. The summed E-state index contributed by atoms with van der Waals surface area (Å²) in [6.45, 7) is 5.92. The molecule has 0 aromatic heterocycles. The van der Waals surface area contributed by atoms with Gasteiger partial charge in [-0.25, -0.2) is 0 Å². The van der Waals surface area contributed by atoms with Crippen LogP contribution in [-0.4, -0.2) is 31.8 Å². The fraction of sp³-hybridized carbons (Fsp3) is 1.00. The fourth-order valence-corrected chi connectivity index (χ4v) is 2.79. The molecule has 0 aromatic carbocycles. The Labute approximate surface area is 92.7 Å². The van der Waals surface area contributed by atoms with Crippen LogP contribution >= 0.6 is 0 Å². The van der Waals surface area contributed by atoms with Gasteiger partial charge in [-0.3, -0.25) is 0 Å². The topological polar surface area (TPSA) is 47.3 Å². The van der Waals surface area contributed by atoms with Crippen LogP contribution in [-0.2, 0) is 4.74 Å². The second-order valence-corrected chi connectivity index (χ2v) is 5.63. The number of hydrogen-bond donors (Lipinski definition) is 2. The molecular formula is C12H24N2O. The lowest BCUT2D eigenvalue weighted by Crippen LogP contribution is -2.49. The van der Waals surface area contributed by atoms with E-state index in [0.717, 1.165) is 32.7 Å². The highest BCUT2D eigenvalue weighted by molar-refractivity contribution is 4.93. The van der Waals surface area contributed by atoms with Gasteiger partial charge in [-0.2, -0.15) is 0 Å². The van der Waals surface area contributed by atoms with Crippen LogP contribution in [0.1, 0.15) is 39.0 Å². The number of rotatable bonds is 4. The molecule has 2 fully saturated rings. The Balaban J connectivity index is 1.85. The quantitative estimate of drug-likeness (QED) is 0.738. The first-order valence-electron chi connectivity index (χ1n) is 6.21. The van der Waals surface area contributed by atoms with Gasteiger partial charge in [0.25, 0.3) is 0 Å². The maximum Gasteiger partial charge on any atom is 0.0646 e. The zero-order chi connectivity index (χ0) is 10.8. The molecular weight excluding hydrogens is 188 g/mol. The van der Waals surface area contributed by atoms with Gasteiger partial charge in [0, 0.05) is 18.7 Å². The Morgan fingerprint density at radius 2 is 2.00 bits per heavy atom. The van der Waals surface area contributed by atoms with E-state index in [4.69, 9.17) is 10.5 Å². The maximum absolute atomic E-state index is 5.93. The number of hydrogen-bond acceptors (Lipinski definition) is 3. The highest BCUT2D eigenvalue weighted by Crippen LogP contribution is 2.37. The van der Waals surface area contributed by atoms with Gasteiger partial charge in [-0.1, -0.05) is 12.8 Å². The first kappa shape index (κ1) is 11.4. The smallest absolute Gasteiger partial charge is 0.0646 e. The predicted molar refractivity (Wildman–Crippen MR) is 61.8 cm³/mol. The molecule has 2 rings (SSSR count). The largest absolute Gasteiger partial charge is 0.379 e. The summed E-state index contributed by atoms with van der Waals surface area (Å²) < 4.78 is 5.45. The van der Waals surface area contributed by atoms with Gasteiger partial charge in [0.2, 0.25) is 0 Å². The van der Waals surface area contributed by atoms with Gasteiger partial charge in [-0.05, 0) is 38.1 Å². The van der Waals surface area contributed by atoms with Crippen molar-refractivity contribution >= 4 is 0 Å². The van der Waals surface area contributed by atoms with E-state index in [1.165, 1.54) is 25.7 Å². The standard InChI is InChI=1S/C12H24N2O/c1-11(6-7-15-10-11)14-9-12(8-13)4-2-3-5-12/h14H,2-10,13H2,1H3. The minimum absolute atomic E-state index is 0.199. The average Bonchev–Trinajstić information content (AvgIpc) is 2.86. The van der Waals surface area contributed by atoms with Crippen LogP contribution in [0.15, 0.2) is 0 Å². The monoisotopic (exact) mass is 212 g/mol. The molecule has 15 heavy (non-hydrogen) atoms. The van der Waals surface area contributed by atoms with Gasteiger partial charge in [0.15, 0.2) is 0 Å². The van der Waals surface area contributed by atoms with Crippen LogP contribution in [0, 0.1) is 5.41 Å². The predicted octanol–water partition coefficient (Wildman–Crippen LogP) is 1.27. The summed E-state index contributed by atoms with van der Waals surface area (Å²) in [6.07, 6.45) is 6.44. The Kier molecular flexibility index (Phi) is 3.33. The normalized spacial score (nSPS) is 34.8. The second kappa shape index (κ2) is 4.40. The first-order chi connectivity index (χ1) is 7.18. The van der Waals surface area contributed by atoms with Gasteiger partial charge in [-0.15, -0.1) is 0 Å². The molecule has 2 aliphatic rings. The van der Waals surface area contributed by atoms with Crippen LogP contribution in [0.25, 0.3) is 0 Å². The molecule has 1 unspecified atom stereocenters. The van der Waals surface area contributed by atoms with Gasteiger partial charge in [0.1, 0.15) is 0 Å². The van der Waals surface area contributed by atoms with E-state index in [0.29, 0.717) is 5.41 Å². The summed E-state index contributed by atoms with van der Waals surface area (Å²) >= 11 is 0. The van der Waals surface area contributed by atoms with E-state index >= 15 is 0 Å². The molecule has 3 nitrogen and oxygen atoms in total. The summed E-state index contributed by atoms with van der Waals surface area (Å²) in [5.41, 5.74) is 6.51. The summed E-state index contributed by atoms with van der Waals surface area (Å²) in [4.78, 5) is 0. The van der Waals surface area contributed by atoms with E-state index in [1.54, 1.807) is 0 Å². The fourth-order valence-electron chi connectivity index (χ4n) is 2.79. The number of nitrogens with one attached hydrogen (secondary N) is 1. The molecule has 0 amide bonds. The lowest BCUT2D eigenvalue weighted by Gasteiger charge is -2.33. The van der Waals surface area contributed by atoms with E-state index in [9.17, 15) is 0 Å². The van der Waals surface area contributed by atoms with Crippen molar-refractivity contribution in [2.75, 3.05) is 26.3 Å². The van der Waals surface area contributed by atoms with Crippen LogP contribution in [0.2, 0.25) is 0 Å². The van der Waals surface area contributed by atoms with Crippen molar-refractivity contribution in [3.05, 3.63) is 0 Å². The van der Waals surface area contributed by atoms with Crippen molar-refractivity contribution in [1.82, 2.24) is 5.32 Å². The molecule has 0 bridgehead atoms. The van der Waals surface area contributed by atoms with Crippen molar-refractivity contribution in [3.63, 3.8) is 0 Å². The zero-order valence-electron chi connectivity index (χ0n) is 9.85. The minimum Gasteiger partial charge on any atom is -0.379 e. The van der Waals surface area contributed by atoms with Crippen molar-refractivity contribution in [3.8, 4) is 0 Å². The molecule has 3 heteroatoms.